The van der Waals surface area contributed by atoms with Crippen molar-refractivity contribution in [2.75, 3.05) is 37.6 Å². The highest BCUT2D eigenvalue weighted by atomic mass is 16.6. The minimum atomic E-state index is -0.610. The second-order valence-electron chi connectivity index (χ2n) is 11.0. The molecule has 40 heavy (non-hydrogen) atoms. The van der Waals surface area contributed by atoms with E-state index in [1.165, 1.54) is 4.57 Å². The van der Waals surface area contributed by atoms with Crippen molar-refractivity contribution in [1.82, 2.24) is 9.47 Å². The van der Waals surface area contributed by atoms with Crippen molar-refractivity contribution in [3.63, 3.8) is 0 Å². The first-order valence-corrected chi connectivity index (χ1v) is 13.4. The number of furan rings is 1. The molecule has 0 atom stereocenters. The average Bonchev–Trinajstić information content (AvgIpc) is 3.52. The molecule has 1 fully saturated rings. The highest BCUT2D eigenvalue weighted by Crippen LogP contribution is 2.27. The number of carbonyl (C=O) groups excluding carboxylic acids is 2. The third-order valence-corrected chi connectivity index (χ3v) is 6.94. The van der Waals surface area contributed by atoms with E-state index in [2.05, 4.69) is 21.9 Å². The summed E-state index contributed by atoms with van der Waals surface area (Å²) in [6, 6.07) is 15.1. The normalized spacial score (nSPS) is 14.7. The van der Waals surface area contributed by atoms with Gasteiger partial charge in [0.05, 0.1) is 17.1 Å². The summed E-state index contributed by atoms with van der Waals surface area (Å²) in [6.07, 6.45) is 6.32. The first-order chi connectivity index (χ1) is 19.1. The van der Waals surface area contributed by atoms with Crippen molar-refractivity contribution in [3.05, 3.63) is 71.6 Å². The SMILES string of the molecule is CC(C)(C)OC(=O)n1cc(C=CCCN2CCN(c3ccc4oc(C(N)=O)cc4c3)CC2)c2cc(C#N)ccc21. The minimum absolute atomic E-state index is 0.171. The molecule has 206 valence electrons. The highest BCUT2D eigenvalue weighted by Gasteiger charge is 2.21. The third-order valence-electron chi connectivity index (χ3n) is 6.94. The molecule has 5 rings (SSSR count). The van der Waals surface area contributed by atoms with Crippen LogP contribution in [0.25, 0.3) is 27.9 Å². The maximum Gasteiger partial charge on any atom is 0.419 e. The zero-order chi connectivity index (χ0) is 28.4. The van der Waals surface area contributed by atoms with Gasteiger partial charge in [0, 0.05) is 60.9 Å². The van der Waals surface area contributed by atoms with Gasteiger partial charge in [0.2, 0.25) is 0 Å². The van der Waals surface area contributed by atoms with Crippen LogP contribution in [0.5, 0.6) is 0 Å². The number of primary amides is 1. The summed E-state index contributed by atoms with van der Waals surface area (Å²) in [5, 5.41) is 11.1. The van der Waals surface area contributed by atoms with Crippen LogP contribution in [-0.2, 0) is 4.74 Å². The standard InChI is InChI=1S/C31H33N5O4/c1-31(2,3)40-30(38)36-20-22(25-16-21(19-32)7-9-26(25)36)6-4-5-11-34-12-14-35(15-13-34)24-8-10-27-23(17-24)18-28(39-27)29(33)37/h4,6-10,16-18,20H,5,11-15H2,1-3H3,(H2,33,37). The predicted molar refractivity (Wildman–Crippen MR) is 155 cm³/mol. The van der Waals surface area contributed by atoms with Crippen LogP contribution in [0.15, 0.2) is 59.2 Å². The number of amides is 1. The number of hydrogen-bond donors (Lipinski definition) is 1. The Morgan fingerprint density at radius 1 is 1.10 bits per heavy atom. The Morgan fingerprint density at radius 3 is 2.58 bits per heavy atom. The van der Waals surface area contributed by atoms with Gasteiger partial charge < -0.3 is 19.8 Å². The van der Waals surface area contributed by atoms with Crippen LogP contribution in [0.2, 0.25) is 0 Å². The van der Waals surface area contributed by atoms with Crippen LogP contribution in [-0.4, -0.2) is 59.8 Å². The summed E-state index contributed by atoms with van der Waals surface area (Å²) in [5.74, 6) is -0.397. The summed E-state index contributed by atoms with van der Waals surface area (Å²) in [4.78, 5) is 29.0. The van der Waals surface area contributed by atoms with E-state index in [4.69, 9.17) is 14.9 Å². The number of nitriles is 1. The number of carbonyl (C=O) groups is 2. The molecular weight excluding hydrogens is 506 g/mol. The Labute approximate surface area is 233 Å². The number of fused-ring (bicyclic) bond motifs is 2. The van der Waals surface area contributed by atoms with E-state index in [-0.39, 0.29) is 5.76 Å². The van der Waals surface area contributed by atoms with Gasteiger partial charge in [-0.25, -0.2) is 4.79 Å². The van der Waals surface area contributed by atoms with E-state index in [0.717, 1.165) is 61.2 Å². The molecule has 0 saturated carbocycles. The lowest BCUT2D eigenvalue weighted by Crippen LogP contribution is -2.46. The summed E-state index contributed by atoms with van der Waals surface area (Å²) < 4.78 is 12.6. The van der Waals surface area contributed by atoms with Gasteiger partial charge in [-0.05, 0) is 69.7 Å². The Bertz CT molecular complexity index is 1640. The van der Waals surface area contributed by atoms with Gasteiger partial charge in [-0.15, -0.1) is 0 Å². The molecule has 4 aromatic rings. The molecule has 2 aromatic heterocycles. The third kappa shape index (κ3) is 5.87. The number of nitrogens with two attached hydrogens (primary N) is 1. The van der Waals surface area contributed by atoms with Crippen molar-refractivity contribution < 1.29 is 18.7 Å². The number of hydrogen-bond acceptors (Lipinski definition) is 7. The van der Waals surface area contributed by atoms with Gasteiger partial charge in [-0.3, -0.25) is 14.3 Å². The maximum absolute atomic E-state index is 12.8. The quantitative estimate of drug-likeness (QED) is 0.350. The summed E-state index contributed by atoms with van der Waals surface area (Å²) in [6.45, 7) is 10.1. The monoisotopic (exact) mass is 539 g/mol. The fraction of sp³-hybridized carbons (Fsp3) is 0.323. The number of benzene rings is 2. The van der Waals surface area contributed by atoms with Crippen LogP contribution >= 0.6 is 0 Å². The molecule has 9 heteroatoms. The van der Waals surface area contributed by atoms with Gasteiger partial charge in [0.25, 0.3) is 5.91 Å². The number of anilines is 1. The van der Waals surface area contributed by atoms with E-state index in [1.807, 2.05) is 51.1 Å². The molecule has 1 saturated heterocycles. The van der Waals surface area contributed by atoms with Crippen molar-refractivity contribution >= 4 is 45.6 Å². The Hall–Kier alpha value is -4.55. The lowest BCUT2D eigenvalue weighted by Gasteiger charge is -2.36. The number of piperazine rings is 1. The molecule has 0 unspecified atom stereocenters. The van der Waals surface area contributed by atoms with Crippen LogP contribution < -0.4 is 10.6 Å². The minimum Gasteiger partial charge on any atom is -0.451 e. The maximum atomic E-state index is 12.8. The second kappa shape index (κ2) is 10.9. The highest BCUT2D eigenvalue weighted by molar-refractivity contribution is 5.97. The van der Waals surface area contributed by atoms with Crippen molar-refractivity contribution in [2.45, 2.75) is 32.8 Å². The smallest absolute Gasteiger partial charge is 0.419 e. The van der Waals surface area contributed by atoms with Crippen molar-refractivity contribution in [3.8, 4) is 6.07 Å². The molecule has 0 aliphatic carbocycles. The fourth-order valence-corrected chi connectivity index (χ4v) is 4.97. The van der Waals surface area contributed by atoms with Crippen LogP contribution in [0.4, 0.5) is 10.5 Å². The number of aromatic nitrogens is 1. The van der Waals surface area contributed by atoms with Gasteiger partial charge in [-0.1, -0.05) is 12.2 Å². The molecule has 3 heterocycles. The van der Waals surface area contributed by atoms with E-state index in [0.29, 0.717) is 16.7 Å². The topological polar surface area (TPSA) is 118 Å². The van der Waals surface area contributed by atoms with Gasteiger partial charge in [0.1, 0.15) is 11.2 Å². The first-order valence-electron chi connectivity index (χ1n) is 13.4. The van der Waals surface area contributed by atoms with Gasteiger partial charge in [0.15, 0.2) is 5.76 Å². The molecule has 9 nitrogen and oxygen atoms in total. The molecule has 0 spiro atoms. The molecule has 2 aromatic carbocycles. The summed E-state index contributed by atoms with van der Waals surface area (Å²) in [5.41, 5.74) is 8.61. The lowest BCUT2D eigenvalue weighted by molar-refractivity contribution is 0.0544. The zero-order valence-corrected chi connectivity index (χ0v) is 23.0. The molecule has 0 radical (unpaired) electrons. The Morgan fingerprint density at radius 2 is 1.88 bits per heavy atom. The summed E-state index contributed by atoms with van der Waals surface area (Å²) >= 11 is 0. The van der Waals surface area contributed by atoms with Crippen molar-refractivity contribution in [2.24, 2.45) is 5.73 Å². The molecule has 0 bridgehead atoms. The number of ether oxygens (including phenoxy) is 1. The second-order valence-corrected chi connectivity index (χ2v) is 11.0. The van der Waals surface area contributed by atoms with Gasteiger partial charge >= 0.3 is 6.09 Å². The molecular formula is C31H33N5O4. The molecule has 1 aliphatic rings. The first kappa shape index (κ1) is 27.0. The lowest BCUT2D eigenvalue weighted by atomic mass is 10.1. The van der Waals surface area contributed by atoms with Gasteiger partial charge in [-0.2, -0.15) is 5.26 Å². The number of rotatable bonds is 6. The summed E-state index contributed by atoms with van der Waals surface area (Å²) in [7, 11) is 0. The molecule has 1 amide bonds. The zero-order valence-electron chi connectivity index (χ0n) is 23.0. The van der Waals surface area contributed by atoms with E-state index >= 15 is 0 Å². The largest absolute Gasteiger partial charge is 0.451 e. The van der Waals surface area contributed by atoms with E-state index < -0.39 is 17.6 Å². The van der Waals surface area contributed by atoms with E-state index in [1.54, 1.807) is 24.4 Å². The molecule has 1 aliphatic heterocycles. The van der Waals surface area contributed by atoms with Crippen LogP contribution in [0.3, 0.4) is 0 Å². The van der Waals surface area contributed by atoms with Crippen molar-refractivity contribution in [1.29, 1.82) is 5.26 Å². The predicted octanol–water partition coefficient (Wildman–Crippen LogP) is 5.37. The van der Waals surface area contributed by atoms with Crippen LogP contribution in [0.1, 0.15) is 48.9 Å². The van der Waals surface area contributed by atoms with Crippen LogP contribution in [0, 0.1) is 11.3 Å². The van der Waals surface area contributed by atoms with E-state index in [9.17, 15) is 14.9 Å². The average molecular weight is 540 g/mol. The number of nitrogens with zero attached hydrogens (tertiary/aromatic N) is 4. The Kier molecular flexibility index (Phi) is 7.37. The fourth-order valence-electron chi connectivity index (χ4n) is 4.97. The Balaban J connectivity index is 1.20. The molecule has 2 N–H and O–H groups in total.